The zero-order valence-electron chi connectivity index (χ0n) is 14.1. The first kappa shape index (κ1) is 13.7. The van der Waals surface area contributed by atoms with Crippen LogP contribution in [0.25, 0.3) is 16.8 Å². The van der Waals surface area contributed by atoms with Crippen molar-refractivity contribution in [1.82, 2.24) is 0 Å². The van der Waals surface area contributed by atoms with E-state index < -0.39 is 5.66 Å². The normalized spacial score (nSPS) is 21.1. The van der Waals surface area contributed by atoms with Crippen LogP contribution in [0.1, 0.15) is 17.7 Å². The van der Waals surface area contributed by atoms with Gasteiger partial charge in [-0.3, -0.25) is 0 Å². The standard InChI is InChI=1S/C23H15N3/c24-15-16-13-18-20(14-16)23(26-12-6-4-10-22(18)26)19-8-2-1-7-17(19)21-9-3-5-11-25(21)23/h1-12,14H,13H2/q+2. The molecule has 0 saturated carbocycles. The molecule has 0 N–H and O–H groups in total. The molecule has 3 heteroatoms. The molecule has 2 aromatic heterocycles. The van der Waals surface area contributed by atoms with E-state index in [2.05, 4.69) is 94.3 Å². The molecule has 1 unspecified atom stereocenters. The molecule has 120 valence electrons. The number of pyridine rings is 2. The molecule has 3 nitrogen and oxygen atoms in total. The van der Waals surface area contributed by atoms with Gasteiger partial charge in [-0.15, -0.1) is 9.13 Å². The molecule has 1 spiro atoms. The number of aromatic nitrogens is 2. The lowest BCUT2D eigenvalue weighted by molar-refractivity contribution is -0.961. The van der Waals surface area contributed by atoms with Crippen LogP contribution in [-0.4, -0.2) is 0 Å². The summed E-state index contributed by atoms with van der Waals surface area (Å²) in [6, 6.07) is 23.7. The third kappa shape index (κ3) is 1.37. The first-order valence-electron chi connectivity index (χ1n) is 8.82. The third-order valence-corrected chi connectivity index (χ3v) is 5.83. The molecule has 3 aromatic rings. The van der Waals surface area contributed by atoms with Crippen molar-refractivity contribution in [2.45, 2.75) is 12.1 Å². The molecule has 0 amide bonds. The van der Waals surface area contributed by atoms with Crippen LogP contribution in [0.4, 0.5) is 0 Å². The number of hydrogen-bond donors (Lipinski definition) is 0. The van der Waals surface area contributed by atoms with Gasteiger partial charge in [0.1, 0.15) is 11.1 Å². The highest BCUT2D eigenvalue weighted by Crippen LogP contribution is 2.49. The third-order valence-electron chi connectivity index (χ3n) is 5.83. The second-order valence-electron chi connectivity index (χ2n) is 6.98. The fourth-order valence-corrected chi connectivity index (χ4v) is 4.92. The van der Waals surface area contributed by atoms with Gasteiger partial charge in [-0.2, -0.15) is 5.26 Å². The Kier molecular flexibility index (Phi) is 2.41. The second kappa shape index (κ2) is 4.56. The Labute approximate surface area is 151 Å². The molecule has 3 aliphatic rings. The number of rotatable bonds is 0. The molecule has 0 saturated heterocycles. The predicted molar refractivity (Wildman–Crippen MR) is 96.4 cm³/mol. The van der Waals surface area contributed by atoms with Crippen LogP contribution in [0.15, 0.2) is 90.3 Å². The second-order valence-corrected chi connectivity index (χ2v) is 6.98. The minimum absolute atomic E-state index is 0.447. The van der Waals surface area contributed by atoms with Gasteiger partial charge in [0.25, 0.3) is 0 Å². The lowest BCUT2D eigenvalue weighted by Gasteiger charge is -2.18. The molecule has 0 fully saturated rings. The van der Waals surface area contributed by atoms with Crippen LogP contribution >= 0.6 is 0 Å². The minimum Gasteiger partial charge on any atom is -0.193 e. The van der Waals surface area contributed by atoms with Gasteiger partial charge in [0, 0.05) is 41.8 Å². The van der Waals surface area contributed by atoms with Crippen LogP contribution in [0.5, 0.6) is 0 Å². The largest absolute Gasteiger partial charge is 0.417 e. The molecule has 1 atom stereocenters. The quantitative estimate of drug-likeness (QED) is 0.582. The van der Waals surface area contributed by atoms with Crippen LogP contribution in [0, 0.1) is 11.3 Å². The van der Waals surface area contributed by atoms with Crippen molar-refractivity contribution in [3.8, 4) is 17.3 Å². The summed E-state index contributed by atoms with van der Waals surface area (Å²) in [5.41, 5.74) is 7.81. The van der Waals surface area contributed by atoms with Crippen LogP contribution in [-0.2, 0) is 5.66 Å². The number of allylic oxidation sites excluding steroid dienone is 4. The van der Waals surface area contributed by atoms with Crippen molar-refractivity contribution in [3.05, 3.63) is 102 Å². The van der Waals surface area contributed by atoms with Gasteiger partial charge >= 0.3 is 5.66 Å². The average molecular weight is 333 g/mol. The maximum atomic E-state index is 9.53. The van der Waals surface area contributed by atoms with Gasteiger partial charge in [-0.05, 0) is 30.3 Å². The molecule has 1 aliphatic carbocycles. The van der Waals surface area contributed by atoms with Gasteiger partial charge in [0.05, 0.1) is 11.6 Å². The highest BCUT2D eigenvalue weighted by atomic mass is 15.3. The molecule has 1 aromatic carbocycles. The van der Waals surface area contributed by atoms with Crippen LogP contribution < -0.4 is 9.13 Å². The first-order valence-corrected chi connectivity index (χ1v) is 8.82. The van der Waals surface area contributed by atoms with E-state index in [1.54, 1.807) is 0 Å². The van der Waals surface area contributed by atoms with Crippen LogP contribution in [0.2, 0.25) is 0 Å². The number of fused-ring (bicyclic) bond motifs is 9. The van der Waals surface area contributed by atoms with E-state index in [0.717, 1.165) is 5.57 Å². The summed E-state index contributed by atoms with van der Waals surface area (Å²) < 4.78 is 4.73. The van der Waals surface area contributed by atoms with Gasteiger partial charge in [0.15, 0.2) is 12.4 Å². The molecule has 0 bridgehead atoms. The Morgan fingerprint density at radius 2 is 1.54 bits per heavy atom. The fourth-order valence-electron chi connectivity index (χ4n) is 4.92. The summed E-state index contributed by atoms with van der Waals surface area (Å²) in [5.74, 6) is 0. The lowest BCUT2D eigenvalue weighted by atomic mass is 9.90. The van der Waals surface area contributed by atoms with E-state index in [0.29, 0.717) is 6.42 Å². The topological polar surface area (TPSA) is 31.5 Å². The molecule has 0 radical (unpaired) electrons. The van der Waals surface area contributed by atoms with Crippen molar-refractivity contribution in [2.75, 3.05) is 0 Å². The van der Waals surface area contributed by atoms with Gasteiger partial charge in [-0.1, -0.05) is 12.1 Å². The summed E-state index contributed by atoms with van der Waals surface area (Å²) in [6.07, 6.45) is 7.14. The Hall–Kier alpha value is -3.51. The minimum atomic E-state index is -0.447. The zero-order chi connectivity index (χ0) is 17.3. The highest BCUT2D eigenvalue weighted by Gasteiger charge is 2.67. The van der Waals surface area contributed by atoms with E-state index in [9.17, 15) is 5.26 Å². The van der Waals surface area contributed by atoms with E-state index in [1.165, 1.54) is 33.7 Å². The predicted octanol–water partition coefficient (Wildman–Crippen LogP) is 3.11. The summed E-state index contributed by atoms with van der Waals surface area (Å²) in [4.78, 5) is 0. The smallest absolute Gasteiger partial charge is 0.193 e. The number of benzene rings is 1. The lowest BCUT2D eigenvalue weighted by Crippen LogP contribution is -2.72. The summed E-state index contributed by atoms with van der Waals surface area (Å²) in [7, 11) is 0. The van der Waals surface area contributed by atoms with Crippen LogP contribution in [0.3, 0.4) is 0 Å². The Morgan fingerprint density at radius 1 is 0.846 bits per heavy atom. The molecule has 4 heterocycles. The number of nitriles is 1. The van der Waals surface area contributed by atoms with Crippen molar-refractivity contribution < 1.29 is 9.13 Å². The molecule has 6 rings (SSSR count). The van der Waals surface area contributed by atoms with Crippen molar-refractivity contribution >= 4 is 5.57 Å². The SMILES string of the molecule is N#CC1=CC2=C(C1)c1cccc[n+]1C21c2ccccc2-c2cccc[n+]21. The molecular formula is C23H15N3+2. The molecule has 26 heavy (non-hydrogen) atoms. The van der Waals surface area contributed by atoms with Gasteiger partial charge < -0.3 is 0 Å². The van der Waals surface area contributed by atoms with E-state index in [-0.39, 0.29) is 0 Å². The Bertz CT molecular complexity index is 1180. The molecular weight excluding hydrogens is 318 g/mol. The van der Waals surface area contributed by atoms with Crippen molar-refractivity contribution in [1.29, 1.82) is 5.26 Å². The highest BCUT2D eigenvalue weighted by molar-refractivity contribution is 5.81. The zero-order valence-corrected chi connectivity index (χ0v) is 14.1. The Balaban J connectivity index is 1.82. The van der Waals surface area contributed by atoms with E-state index in [1.807, 2.05) is 0 Å². The average Bonchev–Trinajstić information content (AvgIpc) is 3.33. The number of nitrogens with zero attached hydrogens (tertiary/aromatic N) is 3. The maximum Gasteiger partial charge on any atom is 0.417 e. The first-order chi connectivity index (χ1) is 12.9. The van der Waals surface area contributed by atoms with Crippen molar-refractivity contribution in [2.24, 2.45) is 0 Å². The Morgan fingerprint density at radius 3 is 2.35 bits per heavy atom. The monoisotopic (exact) mass is 333 g/mol. The van der Waals surface area contributed by atoms with Gasteiger partial charge in [0.2, 0.25) is 11.4 Å². The molecule has 2 aliphatic heterocycles. The summed E-state index contributed by atoms with van der Waals surface area (Å²) in [5, 5.41) is 9.53. The summed E-state index contributed by atoms with van der Waals surface area (Å²) in [6.45, 7) is 0. The van der Waals surface area contributed by atoms with E-state index in [4.69, 9.17) is 0 Å². The van der Waals surface area contributed by atoms with Crippen molar-refractivity contribution in [3.63, 3.8) is 0 Å². The van der Waals surface area contributed by atoms with E-state index >= 15 is 0 Å². The fraction of sp³-hybridized carbons (Fsp3) is 0.0870. The maximum absolute atomic E-state index is 9.53. The summed E-state index contributed by atoms with van der Waals surface area (Å²) >= 11 is 0. The number of hydrogen-bond acceptors (Lipinski definition) is 1. The van der Waals surface area contributed by atoms with Gasteiger partial charge in [-0.25, -0.2) is 0 Å².